The van der Waals surface area contributed by atoms with Crippen molar-refractivity contribution in [3.05, 3.63) is 34.9 Å². The first-order chi connectivity index (χ1) is 12.9. The average molecular weight is 369 g/mol. The number of anilines is 1. The van der Waals surface area contributed by atoms with Crippen LogP contribution in [-0.2, 0) is 16.0 Å². The smallest absolute Gasteiger partial charge is 0.348 e. The molecule has 0 atom stereocenters. The predicted octanol–water partition coefficient (Wildman–Crippen LogP) is 5.27. The third-order valence-corrected chi connectivity index (χ3v) is 5.16. The number of esters is 1. The Bertz CT molecular complexity index is 728. The Kier molecular flexibility index (Phi) is 7.47. The lowest BCUT2D eigenvalue weighted by Crippen LogP contribution is -2.41. The summed E-state index contributed by atoms with van der Waals surface area (Å²) in [4.78, 5) is 14.4. The molecule has 0 unspecified atom stereocenters. The molecule has 0 aromatic heterocycles. The molecular formula is C23H32N2O2. The highest BCUT2D eigenvalue weighted by Crippen LogP contribution is 2.39. The van der Waals surface area contributed by atoms with E-state index in [9.17, 15) is 10.1 Å². The van der Waals surface area contributed by atoms with Gasteiger partial charge >= 0.3 is 5.97 Å². The minimum Gasteiger partial charge on any atom is -0.462 e. The third kappa shape index (κ3) is 5.35. The predicted molar refractivity (Wildman–Crippen MR) is 111 cm³/mol. The van der Waals surface area contributed by atoms with Gasteiger partial charge in [-0.1, -0.05) is 38.7 Å². The summed E-state index contributed by atoms with van der Waals surface area (Å²) >= 11 is 0. The Labute approximate surface area is 163 Å². The van der Waals surface area contributed by atoms with Crippen molar-refractivity contribution in [2.24, 2.45) is 0 Å². The van der Waals surface area contributed by atoms with Crippen LogP contribution in [-0.4, -0.2) is 24.7 Å². The number of hydrogen-bond acceptors (Lipinski definition) is 4. The fourth-order valence-electron chi connectivity index (χ4n) is 3.80. The molecule has 146 valence electrons. The van der Waals surface area contributed by atoms with Gasteiger partial charge < -0.3 is 9.64 Å². The highest BCUT2D eigenvalue weighted by molar-refractivity contribution is 5.98. The van der Waals surface area contributed by atoms with Crippen LogP contribution in [0.15, 0.2) is 23.8 Å². The molecule has 0 saturated carbocycles. The average Bonchev–Trinajstić information content (AvgIpc) is 2.88. The second-order valence-electron chi connectivity index (χ2n) is 7.83. The van der Waals surface area contributed by atoms with Gasteiger partial charge in [-0.15, -0.1) is 0 Å². The van der Waals surface area contributed by atoms with E-state index in [2.05, 4.69) is 37.8 Å². The molecule has 4 heteroatoms. The molecule has 0 radical (unpaired) electrons. The van der Waals surface area contributed by atoms with Crippen LogP contribution < -0.4 is 4.90 Å². The van der Waals surface area contributed by atoms with Crippen molar-refractivity contribution >= 4 is 17.7 Å². The van der Waals surface area contributed by atoms with Crippen molar-refractivity contribution in [2.45, 2.75) is 71.8 Å². The minimum atomic E-state index is -0.561. The number of rotatable bonds is 9. The minimum absolute atomic E-state index is 0.0434. The standard InChI is InChI=1S/C23H32N2O2/c1-5-7-8-9-10-13-25-21-12-11-18(14-19(21)16-23(25,3)4)15-20(17-24)22(26)27-6-2/h11-12,14-15H,5-10,13,16H2,1-4H3/b20-15+. The van der Waals surface area contributed by atoms with Gasteiger partial charge in [0.05, 0.1) is 6.61 Å². The number of hydrogen-bond donors (Lipinski definition) is 0. The first-order valence-corrected chi connectivity index (χ1v) is 10.1. The number of fused-ring (bicyclic) bond motifs is 1. The van der Waals surface area contributed by atoms with Gasteiger partial charge in [0, 0.05) is 17.8 Å². The molecule has 27 heavy (non-hydrogen) atoms. The molecule has 1 heterocycles. The van der Waals surface area contributed by atoms with Crippen LogP contribution in [0.25, 0.3) is 6.08 Å². The Morgan fingerprint density at radius 3 is 2.67 bits per heavy atom. The van der Waals surface area contributed by atoms with Gasteiger partial charge in [0.1, 0.15) is 11.6 Å². The van der Waals surface area contributed by atoms with Crippen molar-refractivity contribution in [3.8, 4) is 6.07 Å². The summed E-state index contributed by atoms with van der Waals surface area (Å²) in [6, 6.07) is 8.16. The van der Waals surface area contributed by atoms with Gasteiger partial charge in [0.25, 0.3) is 0 Å². The number of carbonyl (C=O) groups is 1. The van der Waals surface area contributed by atoms with Crippen LogP contribution in [0.1, 0.15) is 70.9 Å². The third-order valence-electron chi connectivity index (χ3n) is 5.16. The quantitative estimate of drug-likeness (QED) is 0.258. The summed E-state index contributed by atoms with van der Waals surface area (Å²) in [5.41, 5.74) is 3.57. The summed E-state index contributed by atoms with van der Waals surface area (Å²) < 4.78 is 4.94. The van der Waals surface area contributed by atoms with Gasteiger partial charge in [-0.25, -0.2) is 4.79 Å². The molecule has 0 spiro atoms. The summed E-state index contributed by atoms with van der Waals surface area (Å²) in [6.45, 7) is 9.89. The van der Waals surface area contributed by atoms with E-state index < -0.39 is 5.97 Å². The molecule has 1 aromatic carbocycles. The normalized spacial score (nSPS) is 15.4. The van der Waals surface area contributed by atoms with Crippen LogP contribution in [0.4, 0.5) is 5.69 Å². The zero-order chi connectivity index (χ0) is 19.9. The second-order valence-corrected chi connectivity index (χ2v) is 7.83. The van der Waals surface area contributed by atoms with E-state index >= 15 is 0 Å². The first kappa shape index (κ1) is 21.0. The highest BCUT2D eigenvalue weighted by Gasteiger charge is 2.35. The highest BCUT2D eigenvalue weighted by atomic mass is 16.5. The maximum atomic E-state index is 11.8. The van der Waals surface area contributed by atoms with Crippen molar-refractivity contribution in [2.75, 3.05) is 18.1 Å². The topological polar surface area (TPSA) is 53.3 Å². The zero-order valence-corrected chi connectivity index (χ0v) is 17.2. The van der Waals surface area contributed by atoms with Crippen LogP contribution in [0.5, 0.6) is 0 Å². The van der Waals surface area contributed by atoms with E-state index in [4.69, 9.17) is 4.74 Å². The lowest BCUT2D eigenvalue weighted by Gasteiger charge is -2.34. The first-order valence-electron chi connectivity index (χ1n) is 10.1. The SMILES string of the molecule is CCCCCCCN1c2ccc(/C=C(\C#N)C(=O)OCC)cc2CC1(C)C. The monoisotopic (exact) mass is 368 g/mol. The molecule has 1 aliphatic heterocycles. The van der Waals surface area contributed by atoms with E-state index in [0.29, 0.717) is 0 Å². The molecule has 0 saturated heterocycles. The molecule has 1 aliphatic rings. The molecule has 0 amide bonds. The Balaban J connectivity index is 2.15. The Morgan fingerprint density at radius 1 is 1.26 bits per heavy atom. The van der Waals surface area contributed by atoms with Gasteiger partial charge in [-0.2, -0.15) is 5.26 Å². The second kappa shape index (κ2) is 9.60. The van der Waals surface area contributed by atoms with E-state index in [1.165, 1.54) is 43.4 Å². The van der Waals surface area contributed by atoms with Crippen LogP contribution in [0.3, 0.4) is 0 Å². The number of nitrogens with zero attached hydrogens (tertiary/aromatic N) is 2. The van der Waals surface area contributed by atoms with Gasteiger partial charge in [-0.05, 0) is 62.9 Å². The van der Waals surface area contributed by atoms with E-state index in [-0.39, 0.29) is 17.7 Å². The maximum Gasteiger partial charge on any atom is 0.348 e. The molecule has 1 aromatic rings. The molecule has 0 fully saturated rings. The zero-order valence-electron chi connectivity index (χ0n) is 17.2. The van der Waals surface area contributed by atoms with Gasteiger partial charge in [0.15, 0.2) is 0 Å². The van der Waals surface area contributed by atoms with Crippen LogP contribution >= 0.6 is 0 Å². The molecular weight excluding hydrogens is 336 g/mol. The van der Waals surface area contributed by atoms with E-state index in [0.717, 1.165) is 18.5 Å². The van der Waals surface area contributed by atoms with Crippen molar-refractivity contribution in [1.29, 1.82) is 5.26 Å². The Morgan fingerprint density at radius 2 is 2.00 bits per heavy atom. The van der Waals surface area contributed by atoms with E-state index in [1.807, 2.05) is 12.1 Å². The van der Waals surface area contributed by atoms with E-state index in [1.54, 1.807) is 13.0 Å². The number of ether oxygens (including phenoxy) is 1. The number of benzene rings is 1. The number of carbonyl (C=O) groups excluding carboxylic acids is 1. The summed E-state index contributed by atoms with van der Waals surface area (Å²) in [7, 11) is 0. The molecule has 0 N–H and O–H groups in total. The van der Waals surface area contributed by atoms with Crippen LogP contribution in [0.2, 0.25) is 0 Å². The summed E-state index contributed by atoms with van der Waals surface area (Å²) in [5.74, 6) is -0.561. The lowest BCUT2D eigenvalue weighted by atomic mass is 9.98. The lowest BCUT2D eigenvalue weighted by molar-refractivity contribution is -0.137. The summed E-state index contributed by atoms with van der Waals surface area (Å²) in [6.07, 6.45) is 8.99. The van der Waals surface area contributed by atoms with Gasteiger partial charge in [-0.3, -0.25) is 0 Å². The molecule has 0 bridgehead atoms. The molecule has 0 aliphatic carbocycles. The number of nitriles is 1. The fourth-order valence-corrected chi connectivity index (χ4v) is 3.80. The van der Waals surface area contributed by atoms with Gasteiger partial charge in [0.2, 0.25) is 0 Å². The van der Waals surface area contributed by atoms with Crippen molar-refractivity contribution in [3.63, 3.8) is 0 Å². The Hall–Kier alpha value is -2.28. The summed E-state index contributed by atoms with van der Waals surface area (Å²) in [5, 5.41) is 9.23. The van der Waals surface area contributed by atoms with Crippen molar-refractivity contribution in [1.82, 2.24) is 0 Å². The maximum absolute atomic E-state index is 11.8. The fraction of sp³-hybridized carbons (Fsp3) is 0.565. The molecule has 2 rings (SSSR count). The molecule has 4 nitrogen and oxygen atoms in total. The largest absolute Gasteiger partial charge is 0.462 e. The number of unbranched alkanes of at least 4 members (excludes halogenated alkanes) is 4. The van der Waals surface area contributed by atoms with Crippen molar-refractivity contribution < 1.29 is 9.53 Å². The van der Waals surface area contributed by atoms with Crippen LogP contribution in [0, 0.1) is 11.3 Å².